The van der Waals surface area contributed by atoms with Crippen LogP contribution < -0.4 is 0 Å². The summed E-state index contributed by atoms with van der Waals surface area (Å²) in [5.41, 5.74) is -3.22. The lowest BCUT2D eigenvalue weighted by atomic mass is 9.48. The highest BCUT2D eigenvalue weighted by molar-refractivity contribution is 5.86. The SMILES string of the molecule is CC(=O)O[C@H]1CC[C@@H](C)[C@]23OC(C)(C)[C@H]([C@@H](O)[C@H](OC(=O)c4ccco4)[C@]12C)[C@H]3O. The third-order valence-electron chi connectivity index (χ3n) is 7.65. The van der Waals surface area contributed by atoms with Gasteiger partial charge in [-0.3, -0.25) is 4.79 Å². The maximum atomic E-state index is 12.8. The van der Waals surface area contributed by atoms with Gasteiger partial charge in [-0.1, -0.05) is 6.92 Å². The Kier molecular flexibility index (Phi) is 4.84. The molecule has 8 heteroatoms. The maximum Gasteiger partial charge on any atom is 0.374 e. The number of ether oxygens (including phenoxy) is 3. The van der Waals surface area contributed by atoms with E-state index in [9.17, 15) is 19.8 Å². The minimum absolute atomic E-state index is 0.00592. The zero-order valence-electron chi connectivity index (χ0n) is 18.0. The van der Waals surface area contributed by atoms with Crippen molar-refractivity contribution in [3.05, 3.63) is 24.2 Å². The van der Waals surface area contributed by atoms with Crippen LogP contribution in [0.4, 0.5) is 0 Å². The molecule has 0 aromatic carbocycles. The second kappa shape index (κ2) is 6.80. The topological polar surface area (TPSA) is 115 Å². The zero-order chi connectivity index (χ0) is 22.1. The fraction of sp³-hybridized carbons (Fsp3) is 0.727. The molecular weight excluding hydrogens is 392 g/mol. The van der Waals surface area contributed by atoms with Gasteiger partial charge in [0.2, 0.25) is 5.76 Å². The average molecular weight is 422 g/mol. The van der Waals surface area contributed by atoms with Crippen molar-refractivity contribution in [1.29, 1.82) is 0 Å². The summed E-state index contributed by atoms with van der Waals surface area (Å²) in [6.45, 7) is 8.71. The summed E-state index contributed by atoms with van der Waals surface area (Å²) in [5, 5.41) is 22.8. The first-order chi connectivity index (χ1) is 14.0. The first-order valence-electron chi connectivity index (χ1n) is 10.4. The zero-order valence-corrected chi connectivity index (χ0v) is 18.0. The van der Waals surface area contributed by atoms with Gasteiger partial charge in [0.1, 0.15) is 17.8 Å². The minimum atomic E-state index is -1.22. The van der Waals surface area contributed by atoms with Crippen LogP contribution in [0.1, 0.15) is 58.0 Å². The quantitative estimate of drug-likeness (QED) is 0.712. The molecule has 1 spiro atoms. The largest absolute Gasteiger partial charge is 0.462 e. The third-order valence-corrected chi connectivity index (χ3v) is 7.65. The predicted molar refractivity (Wildman–Crippen MR) is 103 cm³/mol. The second-order valence-corrected chi connectivity index (χ2v) is 9.62. The molecule has 8 atom stereocenters. The fourth-order valence-corrected chi connectivity index (χ4v) is 6.42. The highest BCUT2D eigenvalue weighted by Crippen LogP contribution is 2.66. The van der Waals surface area contributed by atoms with Crippen molar-refractivity contribution in [3.8, 4) is 0 Å². The van der Waals surface area contributed by atoms with Crippen molar-refractivity contribution in [3.63, 3.8) is 0 Å². The van der Waals surface area contributed by atoms with Crippen LogP contribution in [-0.2, 0) is 19.0 Å². The number of esters is 2. The molecule has 30 heavy (non-hydrogen) atoms. The molecule has 0 amide bonds. The van der Waals surface area contributed by atoms with Gasteiger partial charge < -0.3 is 28.8 Å². The Bertz CT molecular complexity index is 832. The Labute approximate surface area is 175 Å². The molecule has 2 bridgehead atoms. The van der Waals surface area contributed by atoms with Gasteiger partial charge in [-0.15, -0.1) is 0 Å². The normalized spacial score (nSPS) is 44.2. The van der Waals surface area contributed by atoms with E-state index < -0.39 is 58.9 Å². The van der Waals surface area contributed by atoms with Gasteiger partial charge in [-0.05, 0) is 51.7 Å². The summed E-state index contributed by atoms with van der Waals surface area (Å²) in [5.74, 6) is -2.00. The van der Waals surface area contributed by atoms with Crippen molar-refractivity contribution < 1.29 is 38.4 Å². The predicted octanol–water partition coefficient (Wildman–Crippen LogP) is 2.07. The summed E-state index contributed by atoms with van der Waals surface area (Å²) >= 11 is 0. The third kappa shape index (κ3) is 2.63. The highest BCUT2D eigenvalue weighted by Gasteiger charge is 2.80. The van der Waals surface area contributed by atoms with Crippen molar-refractivity contribution in [2.45, 2.75) is 83.1 Å². The van der Waals surface area contributed by atoms with Crippen molar-refractivity contribution in [1.82, 2.24) is 0 Å². The van der Waals surface area contributed by atoms with Crippen molar-refractivity contribution >= 4 is 11.9 Å². The van der Waals surface area contributed by atoms with E-state index in [0.717, 1.165) is 0 Å². The van der Waals surface area contributed by atoms with Gasteiger partial charge in [-0.2, -0.15) is 0 Å². The Morgan fingerprint density at radius 2 is 1.87 bits per heavy atom. The Morgan fingerprint density at radius 3 is 2.47 bits per heavy atom. The Morgan fingerprint density at radius 1 is 1.17 bits per heavy atom. The number of rotatable bonds is 3. The molecule has 1 aromatic heterocycles. The van der Waals surface area contributed by atoms with E-state index in [1.54, 1.807) is 13.0 Å². The van der Waals surface area contributed by atoms with E-state index in [-0.39, 0.29) is 11.7 Å². The van der Waals surface area contributed by atoms with E-state index >= 15 is 0 Å². The second-order valence-electron chi connectivity index (χ2n) is 9.62. The summed E-state index contributed by atoms with van der Waals surface area (Å²) in [7, 11) is 0. The number of carbonyl (C=O) groups is 2. The van der Waals surface area contributed by atoms with Gasteiger partial charge in [0.05, 0.1) is 29.5 Å². The summed E-state index contributed by atoms with van der Waals surface area (Å²) in [6, 6.07) is 3.05. The van der Waals surface area contributed by atoms with Gasteiger partial charge >= 0.3 is 11.9 Å². The molecule has 2 saturated carbocycles. The first kappa shape index (κ1) is 21.3. The van der Waals surface area contributed by atoms with Crippen LogP contribution in [0.15, 0.2) is 22.8 Å². The van der Waals surface area contributed by atoms with E-state index in [2.05, 4.69) is 0 Å². The fourth-order valence-electron chi connectivity index (χ4n) is 6.42. The molecule has 1 aliphatic heterocycles. The molecule has 166 valence electrons. The maximum absolute atomic E-state index is 12.8. The molecule has 2 N–H and O–H groups in total. The van der Waals surface area contributed by atoms with Crippen LogP contribution in [0.3, 0.4) is 0 Å². The lowest BCUT2D eigenvalue weighted by molar-refractivity contribution is -0.295. The minimum Gasteiger partial charge on any atom is -0.462 e. The number of aliphatic hydroxyl groups excluding tert-OH is 2. The average Bonchev–Trinajstić information content (AvgIpc) is 3.23. The van der Waals surface area contributed by atoms with E-state index in [4.69, 9.17) is 18.6 Å². The number of fused-ring (bicyclic) bond motifs is 1. The smallest absolute Gasteiger partial charge is 0.374 e. The van der Waals surface area contributed by atoms with Crippen LogP contribution in [0.5, 0.6) is 0 Å². The van der Waals surface area contributed by atoms with Gasteiger partial charge in [0.25, 0.3) is 0 Å². The highest BCUT2D eigenvalue weighted by atomic mass is 16.6. The molecule has 3 fully saturated rings. The number of hydrogen-bond acceptors (Lipinski definition) is 8. The van der Waals surface area contributed by atoms with Crippen molar-refractivity contribution in [2.24, 2.45) is 17.3 Å². The molecule has 2 aliphatic carbocycles. The molecule has 3 aliphatic rings. The monoisotopic (exact) mass is 422 g/mol. The molecule has 0 unspecified atom stereocenters. The van der Waals surface area contributed by atoms with Crippen LogP contribution >= 0.6 is 0 Å². The van der Waals surface area contributed by atoms with Gasteiger partial charge in [-0.25, -0.2) is 4.79 Å². The molecule has 1 aromatic rings. The van der Waals surface area contributed by atoms with Gasteiger partial charge in [0, 0.05) is 12.8 Å². The molecule has 2 heterocycles. The molecular formula is C22H30O8. The Balaban J connectivity index is 1.86. The number of aliphatic hydroxyl groups is 2. The van der Waals surface area contributed by atoms with E-state index in [1.807, 2.05) is 20.8 Å². The molecule has 4 rings (SSSR count). The summed E-state index contributed by atoms with van der Waals surface area (Å²) < 4.78 is 23.2. The van der Waals surface area contributed by atoms with Crippen LogP contribution in [0, 0.1) is 17.3 Å². The Hall–Kier alpha value is -1.90. The van der Waals surface area contributed by atoms with Crippen LogP contribution in [-0.4, -0.2) is 57.8 Å². The summed E-state index contributed by atoms with van der Waals surface area (Å²) in [4.78, 5) is 24.7. The van der Waals surface area contributed by atoms with Crippen LogP contribution in [0.25, 0.3) is 0 Å². The number of carbonyl (C=O) groups excluding carboxylic acids is 2. The standard InChI is InChI=1S/C22H30O8/c1-11-8-9-14(28-12(2)23)21(5)18(29-19(26)13-7-6-10-27-13)16(24)15-17(25)22(11,21)30-20(15,3)4/h6-7,10-11,14-18,24-25H,8-9H2,1-5H3/t11-,14+,15-,16-,17-,18+,21+,22-/m1/s1. The number of hydrogen-bond donors (Lipinski definition) is 2. The van der Waals surface area contributed by atoms with Crippen LogP contribution in [0.2, 0.25) is 0 Å². The molecule has 1 saturated heterocycles. The lowest BCUT2D eigenvalue weighted by Gasteiger charge is -2.62. The number of furan rings is 1. The van der Waals surface area contributed by atoms with Crippen molar-refractivity contribution in [2.75, 3.05) is 0 Å². The first-order valence-corrected chi connectivity index (χ1v) is 10.4. The van der Waals surface area contributed by atoms with E-state index in [0.29, 0.717) is 12.8 Å². The molecule has 8 nitrogen and oxygen atoms in total. The molecule has 0 radical (unpaired) electrons. The van der Waals surface area contributed by atoms with Gasteiger partial charge in [0.15, 0.2) is 0 Å². The van der Waals surface area contributed by atoms with E-state index in [1.165, 1.54) is 19.3 Å². The summed E-state index contributed by atoms with van der Waals surface area (Å²) in [6.07, 6.45) is -1.50. The lowest BCUT2D eigenvalue weighted by Crippen LogP contribution is -2.76.